The molecule has 172 valence electrons. The fourth-order valence-corrected chi connectivity index (χ4v) is 4.67. The Labute approximate surface area is 200 Å². The molecule has 10 heteroatoms. The number of nitrogens with zero attached hydrogens (tertiary/aromatic N) is 2. The summed E-state index contributed by atoms with van der Waals surface area (Å²) in [6, 6.07) is 10.8. The molecule has 0 aliphatic carbocycles. The van der Waals surface area contributed by atoms with Crippen molar-refractivity contribution in [2.45, 2.75) is 0 Å². The van der Waals surface area contributed by atoms with E-state index < -0.39 is 0 Å². The van der Waals surface area contributed by atoms with Gasteiger partial charge in [-0.1, -0.05) is 30.0 Å². The lowest BCUT2D eigenvalue weighted by molar-refractivity contribution is -0.137. The minimum atomic E-state index is -0.388. The molecule has 0 radical (unpaired) electrons. The minimum Gasteiger partial charge on any atom is -0.493 e. The monoisotopic (exact) mass is 488 g/mol. The third kappa shape index (κ3) is 5.35. The van der Waals surface area contributed by atoms with Gasteiger partial charge < -0.3 is 19.1 Å². The van der Waals surface area contributed by atoms with Gasteiger partial charge in [-0.2, -0.15) is 0 Å². The van der Waals surface area contributed by atoms with Crippen LogP contribution in [0.5, 0.6) is 11.5 Å². The van der Waals surface area contributed by atoms with E-state index in [0.717, 1.165) is 0 Å². The highest BCUT2D eigenvalue weighted by Crippen LogP contribution is 2.37. The van der Waals surface area contributed by atoms with E-state index in [1.165, 1.54) is 48.0 Å². The van der Waals surface area contributed by atoms with Crippen LogP contribution in [0.3, 0.4) is 0 Å². The number of hydrogen-bond acceptors (Lipinski definition) is 7. The molecule has 0 unspecified atom stereocenters. The van der Waals surface area contributed by atoms with Crippen molar-refractivity contribution in [1.82, 2.24) is 4.90 Å². The zero-order valence-electron chi connectivity index (χ0n) is 17.8. The highest BCUT2D eigenvalue weighted by Gasteiger charge is 2.33. The fraction of sp³-hybridized carbons (Fsp3) is 0.261. The Kier molecular flexibility index (Phi) is 7.26. The van der Waals surface area contributed by atoms with Gasteiger partial charge in [0.2, 0.25) is 0 Å². The number of hydrogen-bond donors (Lipinski definition) is 0. The first-order valence-corrected chi connectivity index (χ1v) is 11.4. The summed E-state index contributed by atoms with van der Waals surface area (Å²) < 4.78 is 29.9. The van der Waals surface area contributed by atoms with Crippen LogP contribution in [-0.2, 0) is 14.3 Å². The predicted octanol–water partition coefficient (Wildman–Crippen LogP) is 3.48. The summed E-state index contributed by atoms with van der Waals surface area (Å²) in [5.74, 6) is 0.0735. The highest BCUT2D eigenvalue weighted by atomic mass is 32.2. The van der Waals surface area contributed by atoms with Gasteiger partial charge in [0.05, 0.1) is 30.9 Å². The number of anilines is 1. The third-order valence-corrected chi connectivity index (χ3v) is 6.38. The molecule has 2 aliphatic heterocycles. The van der Waals surface area contributed by atoms with Crippen molar-refractivity contribution in [3.05, 3.63) is 58.8 Å². The lowest BCUT2D eigenvalue weighted by atomic mass is 10.2. The summed E-state index contributed by atoms with van der Waals surface area (Å²) in [6.45, 7) is 2.04. The van der Waals surface area contributed by atoms with Gasteiger partial charge in [-0.05, 0) is 48.0 Å². The first-order valence-electron chi connectivity index (χ1n) is 10.2. The third-order valence-electron chi connectivity index (χ3n) is 5.08. The second kappa shape index (κ2) is 10.3. The van der Waals surface area contributed by atoms with E-state index in [2.05, 4.69) is 0 Å². The fourth-order valence-electron chi connectivity index (χ4n) is 3.37. The average molecular weight is 489 g/mol. The maximum atomic E-state index is 13.2. The molecule has 2 amide bonds. The highest BCUT2D eigenvalue weighted by molar-refractivity contribution is 8.27. The van der Waals surface area contributed by atoms with E-state index in [9.17, 15) is 14.0 Å². The second-order valence-electron chi connectivity index (χ2n) is 7.19. The Hall–Kier alpha value is -2.95. The number of methoxy groups -OCH3 is 1. The summed E-state index contributed by atoms with van der Waals surface area (Å²) in [4.78, 5) is 28.7. The van der Waals surface area contributed by atoms with E-state index in [4.69, 9.17) is 26.4 Å². The number of benzene rings is 2. The number of thiocarbonyl (C=S) groups is 1. The lowest BCUT2D eigenvalue weighted by Crippen LogP contribution is -2.43. The number of halogens is 1. The molecule has 2 heterocycles. The number of morpholine rings is 1. The van der Waals surface area contributed by atoms with E-state index in [0.29, 0.717) is 58.3 Å². The zero-order valence-corrected chi connectivity index (χ0v) is 19.4. The molecule has 0 N–H and O–H groups in total. The molecule has 4 rings (SSSR count). The van der Waals surface area contributed by atoms with Crippen LogP contribution in [0, 0.1) is 5.82 Å². The lowest BCUT2D eigenvalue weighted by Gasteiger charge is -2.26. The molecule has 0 spiro atoms. The Morgan fingerprint density at radius 3 is 2.61 bits per heavy atom. The zero-order chi connectivity index (χ0) is 23.4. The molecule has 0 aromatic heterocycles. The molecule has 0 atom stereocenters. The van der Waals surface area contributed by atoms with Gasteiger partial charge in [-0.3, -0.25) is 14.5 Å². The molecule has 33 heavy (non-hydrogen) atoms. The standard InChI is InChI=1S/C23H21FN2O5S2/c1-29-19-12-15(2-7-18(19)31-14-21(27)25-8-10-30-11-9-25)13-20-22(28)26(23(32)33-20)17-5-3-16(24)4-6-17/h2-7,12-13H,8-11,14H2,1H3/b20-13-. The normalized spacial score (nSPS) is 17.6. The molecule has 7 nitrogen and oxygen atoms in total. The number of rotatable bonds is 6. The first kappa shape index (κ1) is 23.2. The van der Waals surface area contributed by atoms with Gasteiger partial charge >= 0.3 is 0 Å². The predicted molar refractivity (Wildman–Crippen MR) is 128 cm³/mol. The maximum absolute atomic E-state index is 13.2. The molecule has 0 saturated carbocycles. The topological polar surface area (TPSA) is 68.3 Å². The summed E-state index contributed by atoms with van der Waals surface area (Å²) in [6.07, 6.45) is 1.70. The van der Waals surface area contributed by atoms with Crippen molar-refractivity contribution in [3.63, 3.8) is 0 Å². The van der Waals surface area contributed by atoms with Crippen molar-refractivity contribution in [2.75, 3.05) is 44.9 Å². The molecule has 0 bridgehead atoms. The van der Waals surface area contributed by atoms with Gasteiger partial charge in [0.1, 0.15) is 5.82 Å². The summed E-state index contributed by atoms with van der Waals surface area (Å²) in [7, 11) is 1.50. The Morgan fingerprint density at radius 2 is 1.91 bits per heavy atom. The van der Waals surface area contributed by atoms with Crippen LogP contribution in [-0.4, -0.2) is 61.1 Å². The number of carbonyl (C=O) groups is 2. The van der Waals surface area contributed by atoms with Crippen LogP contribution in [0.25, 0.3) is 6.08 Å². The minimum absolute atomic E-state index is 0.105. The van der Waals surface area contributed by atoms with Crippen molar-refractivity contribution < 1.29 is 28.2 Å². The van der Waals surface area contributed by atoms with Gasteiger partial charge in [0, 0.05) is 13.1 Å². The van der Waals surface area contributed by atoms with E-state index in [-0.39, 0.29) is 24.2 Å². The van der Waals surface area contributed by atoms with Crippen LogP contribution in [0.4, 0.5) is 10.1 Å². The molecule has 2 fully saturated rings. The quantitative estimate of drug-likeness (QED) is 0.456. The van der Waals surface area contributed by atoms with E-state index in [1.807, 2.05) is 0 Å². The van der Waals surface area contributed by atoms with Gasteiger partial charge in [-0.15, -0.1) is 0 Å². The SMILES string of the molecule is COc1cc(/C=C2\SC(=S)N(c3ccc(F)cc3)C2=O)ccc1OCC(=O)N1CCOCC1. The number of carbonyl (C=O) groups excluding carboxylic acids is 2. The number of ether oxygens (including phenoxy) is 3. The van der Waals surface area contributed by atoms with Crippen molar-refractivity contribution in [2.24, 2.45) is 0 Å². The van der Waals surface area contributed by atoms with Gasteiger partial charge in [0.15, 0.2) is 22.4 Å². The van der Waals surface area contributed by atoms with Crippen LogP contribution < -0.4 is 14.4 Å². The number of thioether (sulfide) groups is 1. The summed E-state index contributed by atoms with van der Waals surface area (Å²) in [5, 5.41) is 0. The van der Waals surface area contributed by atoms with Crippen molar-refractivity contribution >= 4 is 51.9 Å². The van der Waals surface area contributed by atoms with Gasteiger partial charge in [0.25, 0.3) is 11.8 Å². The smallest absolute Gasteiger partial charge is 0.270 e. The maximum Gasteiger partial charge on any atom is 0.270 e. The van der Waals surface area contributed by atoms with Gasteiger partial charge in [-0.25, -0.2) is 4.39 Å². The van der Waals surface area contributed by atoms with E-state index in [1.54, 1.807) is 29.2 Å². The molecule has 2 aliphatic rings. The van der Waals surface area contributed by atoms with Crippen LogP contribution in [0.1, 0.15) is 5.56 Å². The van der Waals surface area contributed by atoms with Crippen LogP contribution in [0.15, 0.2) is 47.4 Å². The summed E-state index contributed by atoms with van der Waals surface area (Å²) in [5.41, 5.74) is 1.21. The molecule has 2 aromatic rings. The Bertz CT molecular complexity index is 1100. The average Bonchev–Trinajstić information content (AvgIpc) is 3.11. The molecule has 2 aromatic carbocycles. The largest absolute Gasteiger partial charge is 0.493 e. The number of amides is 2. The summed E-state index contributed by atoms with van der Waals surface area (Å²) >= 11 is 6.52. The Morgan fingerprint density at radius 1 is 1.18 bits per heavy atom. The van der Waals surface area contributed by atoms with Crippen LogP contribution in [0.2, 0.25) is 0 Å². The first-order chi connectivity index (χ1) is 16.0. The molecular formula is C23H21FN2O5S2. The Balaban J connectivity index is 1.47. The van der Waals surface area contributed by atoms with Crippen molar-refractivity contribution in [1.29, 1.82) is 0 Å². The van der Waals surface area contributed by atoms with Crippen LogP contribution >= 0.6 is 24.0 Å². The van der Waals surface area contributed by atoms with Crippen molar-refractivity contribution in [3.8, 4) is 11.5 Å². The van der Waals surface area contributed by atoms with E-state index >= 15 is 0 Å². The molecule has 2 saturated heterocycles. The molecular weight excluding hydrogens is 467 g/mol. The second-order valence-corrected chi connectivity index (χ2v) is 8.86.